The Labute approximate surface area is 171 Å². The molecule has 0 unspecified atom stereocenters. The van der Waals surface area contributed by atoms with E-state index < -0.39 is 0 Å². The van der Waals surface area contributed by atoms with Crippen LogP contribution >= 0.6 is 15.9 Å². The van der Waals surface area contributed by atoms with Gasteiger partial charge >= 0.3 is 0 Å². The van der Waals surface area contributed by atoms with E-state index in [0.717, 1.165) is 61.7 Å². The first kappa shape index (κ1) is 16.2. The van der Waals surface area contributed by atoms with Crippen molar-refractivity contribution in [3.8, 4) is 22.4 Å². The molecule has 0 amide bonds. The average molecular weight is 426 g/mol. The third-order valence-electron chi connectivity index (χ3n) is 6.00. The predicted octanol–water partition coefficient (Wildman–Crippen LogP) is 6.36. The van der Waals surface area contributed by atoms with E-state index in [9.17, 15) is 4.79 Å². The molecule has 2 aliphatic rings. The first-order valence-electron chi connectivity index (χ1n) is 9.61. The Hall–Kier alpha value is -2.78. The van der Waals surface area contributed by atoms with Crippen molar-refractivity contribution in [2.75, 3.05) is 0 Å². The average Bonchev–Trinajstić information content (AvgIpc) is 3.28. The van der Waals surface area contributed by atoms with Gasteiger partial charge in [-0.1, -0.05) is 58.4 Å². The minimum atomic E-state index is 0.0752. The lowest BCUT2D eigenvalue weighted by atomic mass is 9.92. The zero-order valence-corrected chi connectivity index (χ0v) is 16.7. The van der Waals surface area contributed by atoms with Crippen molar-refractivity contribution in [1.82, 2.24) is 4.98 Å². The normalized spacial score (nSPS) is 14.2. The fourth-order valence-electron chi connectivity index (χ4n) is 4.72. The predicted molar refractivity (Wildman–Crippen MR) is 116 cm³/mol. The van der Waals surface area contributed by atoms with Crippen LogP contribution < -0.4 is 0 Å². The number of carbonyl (C=O) groups excluding carboxylic acids is 1. The van der Waals surface area contributed by atoms with E-state index in [4.69, 9.17) is 4.98 Å². The monoisotopic (exact) mass is 425 g/mol. The molecule has 28 heavy (non-hydrogen) atoms. The molecule has 134 valence electrons. The summed E-state index contributed by atoms with van der Waals surface area (Å²) in [7, 11) is 0. The Kier molecular flexibility index (Phi) is 3.39. The van der Waals surface area contributed by atoms with Crippen LogP contribution in [0.25, 0.3) is 33.3 Å². The summed E-state index contributed by atoms with van der Waals surface area (Å²) in [6.07, 6.45) is 3.41. The quantitative estimate of drug-likeness (QED) is 0.312. The second-order valence-corrected chi connectivity index (χ2v) is 8.41. The highest BCUT2D eigenvalue weighted by molar-refractivity contribution is 9.10. The number of ketones is 1. The van der Waals surface area contributed by atoms with Gasteiger partial charge in [-0.25, -0.2) is 4.98 Å². The Morgan fingerprint density at radius 2 is 1.46 bits per heavy atom. The van der Waals surface area contributed by atoms with Crippen molar-refractivity contribution in [2.24, 2.45) is 0 Å². The third kappa shape index (κ3) is 2.14. The van der Waals surface area contributed by atoms with E-state index >= 15 is 0 Å². The number of hydrogen-bond donors (Lipinski definition) is 0. The highest BCUT2D eigenvalue weighted by Gasteiger charge is 2.33. The van der Waals surface area contributed by atoms with Crippen LogP contribution in [-0.2, 0) is 12.8 Å². The number of hydrogen-bond acceptors (Lipinski definition) is 2. The number of halogens is 1. The zero-order valence-electron chi connectivity index (χ0n) is 15.1. The summed E-state index contributed by atoms with van der Waals surface area (Å²) in [5.41, 5.74) is 9.07. The standard InChI is InChI=1S/C25H16BrNO/c26-20-11-4-3-10-18(20)22-19-12-14-6-5-7-15(14)13-21(19)27-24-16-8-1-2-9-17(16)25(28)23(22)24/h1-4,8-13H,5-7H2. The van der Waals surface area contributed by atoms with Crippen molar-refractivity contribution in [2.45, 2.75) is 19.3 Å². The van der Waals surface area contributed by atoms with Gasteiger partial charge in [-0.3, -0.25) is 4.79 Å². The summed E-state index contributed by atoms with van der Waals surface area (Å²) in [4.78, 5) is 18.4. The Morgan fingerprint density at radius 1 is 0.786 bits per heavy atom. The van der Waals surface area contributed by atoms with Crippen molar-refractivity contribution >= 4 is 32.6 Å². The highest BCUT2D eigenvalue weighted by atomic mass is 79.9. The molecule has 2 nitrogen and oxygen atoms in total. The molecular weight excluding hydrogens is 410 g/mol. The van der Waals surface area contributed by atoms with E-state index in [1.165, 1.54) is 17.5 Å². The SMILES string of the molecule is O=C1c2ccccc2-c2nc3cc4c(cc3c(-c3ccccc3Br)c21)CCC4. The molecule has 0 atom stereocenters. The molecule has 0 bridgehead atoms. The van der Waals surface area contributed by atoms with Gasteiger partial charge in [0, 0.05) is 26.5 Å². The molecule has 0 saturated carbocycles. The van der Waals surface area contributed by atoms with Gasteiger partial charge < -0.3 is 0 Å². The smallest absolute Gasteiger partial charge is 0.196 e. The van der Waals surface area contributed by atoms with E-state index in [-0.39, 0.29) is 5.78 Å². The molecule has 3 heteroatoms. The van der Waals surface area contributed by atoms with Crippen LogP contribution in [0.15, 0.2) is 65.1 Å². The molecule has 3 aromatic carbocycles. The van der Waals surface area contributed by atoms with Crippen molar-refractivity contribution in [1.29, 1.82) is 0 Å². The lowest BCUT2D eigenvalue weighted by molar-refractivity contribution is 0.104. The summed E-state index contributed by atoms with van der Waals surface area (Å²) >= 11 is 3.71. The Bertz CT molecular complexity index is 1320. The minimum Gasteiger partial charge on any atom is -0.288 e. The van der Waals surface area contributed by atoms with Crippen LogP contribution in [0.1, 0.15) is 33.5 Å². The fourth-order valence-corrected chi connectivity index (χ4v) is 5.20. The van der Waals surface area contributed by atoms with Gasteiger partial charge in [0.25, 0.3) is 0 Å². The van der Waals surface area contributed by atoms with Gasteiger partial charge in [0.1, 0.15) is 0 Å². The number of rotatable bonds is 1. The lowest BCUT2D eigenvalue weighted by Crippen LogP contribution is -2.01. The van der Waals surface area contributed by atoms with Gasteiger partial charge in [-0.15, -0.1) is 0 Å². The first-order chi connectivity index (χ1) is 13.7. The van der Waals surface area contributed by atoms with E-state index in [1.807, 2.05) is 42.5 Å². The summed E-state index contributed by atoms with van der Waals surface area (Å²) in [5, 5.41) is 1.08. The van der Waals surface area contributed by atoms with Crippen LogP contribution in [0.4, 0.5) is 0 Å². The molecule has 0 fully saturated rings. The van der Waals surface area contributed by atoms with Crippen LogP contribution in [0.5, 0.6) is 0 Å². The van der Waals surface area contributed by atoms with Crippen molar-refractivity contribution in [3.63, 3.8) is 0 Å². The van der Waals surface area contributed by atoms with E-state index in [2.05, 4.69) is 34.1 Å². The number of fused-ring (bicyclic) bond motifs is 5. The van der Waals surface area contributed by atoms with Gasteiger partial charge in [-0.2, -0.15) is 0 Å². The molecule has 6 rings (SSSR count). The molecular formula is C25H16BrNO. The van der Waals surface area contributed by atoms with Crippen LogP contribution in [0.3, 0.4) is 0 Å². The van der Waals surface area contributed by atoms with Gasteiger partial charge in [0.2, 0.25) is 0 Å². The largest absolute Gasteiger partial charge is 0.288 e. The number of nitrogens with zero attached hydrogens (tertiary/aromatic N) is 1. The van der Waals surface area contributed by atoms with Crippen LogP contribution in [-0.4, -0.2) is 10.8 Å². The van der Waals surface area contributed by atoms with E-state index in [1.54, 1.807) is 0 Å². The second-order valence-electron chi connectivity index (χ2n) is 7.56. The molecule has 2 aliphatic carbocycles. The number of aromatic nitrogens is 1. The molecule has 1 aromatic heterocycles. The third-order valence-corrected chi connectivity index (χ3v) is 6.69. The summed E-state index contributed by atoms with van der Waals surface area (Å²) in [6, 6.07) is 20.5. The molecule has 4 aromatic rings. The number of aryl methyl sites for hydroxylation is 2. The minimum absolute atomic E-state index is 0.0752. The van der Waals surface area contributed by atoms with Gasteiger partial charge in [-0.05, 0) is 54.2 Å². The maximum Gasteiger partial charge on any atom is 0.196 e. The van der Waals surface area contributed by atoms with Crippen molar-refractivity contribution < 1.29 is 4.79 Å². The summed E-state index contributed by atoms with van der Waals surface area (Å²) < 4.78 is 0.994. The maximum atomic E-state index is 13.4. The van der Waals surface area contributed by atoms with Crippen LogP contribution in [0, 0.1) is 0 Å². The number of pyridine rings is 1. The summed E-state index contributed by atoms with van der Waals surface area (Å²) in [5.74, 6) is 0.0752. The first-order valence-corrected chi connectivity index (χ1v) is 10.4. The summed E-state index contributed by atoms with van der Waals surface area (Å²) in [6.45, 7) is 0. The molecule has 0 N–H and O–H groups in total. The Morgan fingerprint density at radius 3 is 2.25 bits per heavy atom. The molecule has 0 aliphatic heterocycles. The Balaban J connectivity index is 1.80. The second kappa shape index (κ2) is 5.86. The van der Waals surface area contributed by atoms with Gasteiger partial charge in [0.15, 0.2) is 5.78 Å². The number of carbonyl (C=O) groups is 1. The van der Waals surface area contributed by atoms with E-state index in [0.29, 0.717) is 0 Å². The molecule has 1 heterocycles. The highest BCUT2D eigenvalue weighted by Crippen LogP contribution is 2.46. The fraction of sp³-hybridized carbons (Fsp3) is 0.120. The maximum absolute atomic E-state index is 13.4. The van der Waals surface area contributed by atoms with Crippen LogP contribution in [0.2, 0.25) is 0 Å². The number of benzene rings is 3. The van der Waals surface area contributed by atoms with Crippen molar-refractivity contribution in [3.05, 3.63) is 87.4 Å². The zero-order chi connectivity index (χ0) is 18.8. The van der Waals surface area contributed by atoms with Gasteiger partial charge in [0.05, 0.1) is 16.8 Å². The topological polar surface area (TPSA) is 30.0 Å². The molecule has 0 spiro atoms. The lowest BCUT2D eigenvalue weighted by Gasteiger charge is -2.15. The molecule has 0 radical (unpaired) electrons. The molecule has 0 saturated heterocycles.